The van der Waals surface area contributed by atoms with Crippen LogP contribution in [0.2, 0.25) is 0 Å². The van der Waals surface area contributed by atoms with Crippen molar-refractivity contribution in [2.75, 3.05) is 0 Å². The molecule has 0 saturated heterocycles. The maximum Gasteiger partial charge on any atom is 0.191 e. The summed E-state index contributed by atoms with van der Waals surface area (Å²) in [5, 5.41) is 0.976. The van der Waals surface area contributed by atoms with E-state index >= 15 is 0 Å². The molecule has 0 radical (unpaired) electrons. The summed E-state index contributed by atoms with van der Waals surface area (Å²) in [4.78, 5) is 14.0. The molecule has 6 heteroatoms. The van der Waals surface area contributed by atoms with Crippen LogP contribution in [0.1, 0.15) is 30.2 Å². The number of benzene rings is 2. The normalized spacial score (nSPS) is 16.4. The summed E-state index contributed by atoms with van der Waals surface area (Å²) >= 11 is 1.62. The first kappa shape index (κ1) is 18.5. The van der Waals surface area contributed by atoms with E-state index in [0.717, 1.165) is 46.9 Å². The molecule has 1 aliphatic rings. The Morgan fingerprint density at radius 1 is 1.26 bits per heavy atom. The van der Waals surface area contributed by atoms with Crippen molar-refractivity contribution in [3.05, 3.63) is 62.6 Å². The average Bonchev–Trinajstić information content (AvgIpc) is 2.64. The zero-order valence-electron chi connectivity index (χ0n) is 14.9. The second-order valence-corrected chi connectivity index (χ2v) is 8.67. The lowest BCUT2D eigenvalue weighted by Gasteiger charge is -2.22. The Labute approximate surface area is 162 Å². The molecule has 1 aliphatic carbocycles. The van der Waals surface area contributed by atoms with Crippen molar-refractivity contribution >= 4 is 36.0 Å². The Balaban J connectivity index is 1.76. The van der Waals surface area contributed by atoms with Gasteiger partial charge in [-0.15, -0.1) is 20.6 Å². The molecule has 0 spiro atoms. The van der Waals surface area contributed by atoms with Gasteiger partial charge in [-0.1, -0.05) is 13.3 Å². The van der Waals surface area contributed by atoms with Crippen LogP contribution in [0, 0.1) is 17.6 Å². The van der Waals surface area contributed by atoms with Gasteiger partial charge >= 0.3 is 0 Å². The molecule has 0 saturated carbocycles. The van der Waals surface area contributed by atoms with Crippen LogP contribution in [0.15, 0.2) is 35.1 Å². The third-order valence-electron chi connectivity index (χ3n) is 5.15. The van der Waals surface area contributed by atoms with E-state index in [1.165, 1.54) is 6.07 Å². The lowest BCUT2D eigenvalue weighted by atomic mass is 9.87. The van der Waals surface area contributed by atoms with Crippen molar-refractivity contribution in [3.63, 3.8) is 0 Å². The number of fused-ring (bicyclic) bond motifs is 2. The van der Waals surface area contributed by atoms with E-state index in [2.05, 4.69) is 16.2 Å². The predicted molar refractivity (Wildman–Crippen MR) is 110 cm³/mol. The van der Waals surface area contributed by atoms with Crippen LogP contribution in [0.25, 0.3) is 10.1 Å². The fourth-order valence-corrected chi connectivity index (χ4v) is 5.31. The maximum atomic E-state index is 14.1. The minimum Gasteiger partial charge on any atom is -0.454 e. The summed E-state index contributed by atoms with van der Waals surface area (Å²) in [6, 6.07) is 7.16. The minimum atomic E-state index is -0.760. The van der Waals surface area contributed by atoms with Crippen LogP contribution in [-0.4, -0.2) is 0 Å². The van der Waals surface area contributed by atoms with Crippen molar-refractivity contribution in [3.8, 4) is 11.5 Å². The van der Waals surface area contributed by atoms with Crippen molar-refractivity contribution in [2.45, 2.75) is 32.6 Å². The molecule has 2 aromatic carbocycles. The lowest BCUT2D eigenvalue weighted by Crippen LogP contribution is -2.20. The first-order valence-corrected chi connectivity index (χ1v) is 10.4. The molecule has 2 nitrogen and oxygen atoms in total. The van der Waals surface area contributed by atoms with Crippen LogP contribution in [0.4, 0.5) is 8.78 Å². The van der Waals surface area contributed by atoms with Crippen LogP contribution < -0.4 is 15.5 Å². The van der Waals surface area contributed by atoms with E-state index in [1.807, 2.05) is 0 Å². The van der Waals surface area contributed by atoms with Crippen LogP contribution >= 0.6 is 20.6 Å². The van der Waals surface area contributed by atoms with Gasteiger partial charge in [0.25, 0.3) is 0 Å². The molecule has 2 unspecified atom stereocenters. The molecule has 4 rings (SSSR count). The molecule has 140 valence electrons. The maximum absolute atomic E-state index is 14.1. The van der Waals surface area contributed by atoms with Crippen molar-refractivity contribution < 1.29 is 13.5 Å². The topological polar surface area (TPSA) is 26.3 Å². The number of rotatable bonds is 3. The minimum absolute atomic E-state index is 0.0305. The van der Waals surface area contributed by atoms with Crippen molar-refractivity contribution in [1.29, 1.82) is 0 Å². The molecule has 1 aromatic heterocycles. The summed E-state index contributed by atoms with van der Waals surface area (Å²) in [6.45, 7) is 2.18. The molecule has 0 fully saturated rings. The first-order valence-electron chi connectivity index (χ1n) is 8.97. The number of halogens is 2. The van der Waals surface area contributed by atoms with Crippen molar-refractivity contribution in [1.82, 2.24) is 0 Å². The molecular weight excluding hydrogens is 385 g/mol. The van der Waals surface area contributed by atoms with Gasteiger partial charge in [0, 0.05) is 31.9 Å². The summed E-state index contributed by atoms with van der Waals surface area (Å²) < 4.78 is 33.8. The van der Waals surface area contributed by atoms with E-state index in [4.69, 9.17) is 4.74 Å². The second-order valence-electron chi connectivity index (χ2n) is 6.92. The molecule has 0 bridgehead atoms. The van der Waals surface area contributed by atoms with Crippen LogP contribution in [0.5, 0.6) is 11.5 Å². The highest BCUT2D eigenvalue weighted by molar-refractivity contribution is 7.27. The first-order chi connectivity index (χ1) is 13.0. The molecule has 0 aliphatic heterocycles. The van der Waals surface area contributed by atoms with E-state index in [-0.39, 0.29) is 11.2 Å². The van der Waals surface area contributed by atoms with Gasteiger partial charge in [-0.25, -0.2) is 8.78 Å². The molecule has 1 heterocycles. The van der Waals surface area contributed by atoms with Gasteiger partial charge in [-0.3, -0.25) is 4.79 Å². The van der Waals surface area contributed by atoms with Gasteiger partial charge in [0.15, 0.2) is 17.0 Å². The third kappa shape index (κ3) is 3.51. The van der Waals surface area contributed by atoms with Gasteiger partial charge in [0.05, 0.1) is 0 Å². The molecule has 3 aromatic rings. The summed E-state index contributed by atoms with van der Waals surface area (Å²) in [5.41, 5.74) is 1.04. The SMILES string of the molecule is CCC1CCc2c(sc3cc(Oc4c(F)cc(F)cc4P)ccc3c2=O)C1. The van der Waals surface area contributed by atoms with E-state index < -0.39 is 11.6 Å². The Morgan fingerprint density at radius 2 is 2.07 bits per heavy atom. The standard InChI is InChI=1S/C21H19F2O2PS/c1-2-11-3-5-14-18(7-11)27-19-10-13(4-6-15(19)20(14)24)25-21-16(23)8-12(22)9-17(21)26/h4,6,8-11H,2-3,5,7,26H2,1H3. The van der Waals surface area contributed by atoms with Gasteiger partial charge in [-0.05, 0) is 49.4 Å². The lowest BCUT2D eigenvalue weighted by molar-refractivity contribution is 0.442. The van der Waals surface area contributed by atoms with E-state index in [1.54, 1.807) is 29.5 Å². The van der Waals surface area contributed by atoms with Gasteiger partial charge < -0.3 is 4.74 Å². The summed E-state index contributed by atoms with van der Waals surface area (Å²) in [6.07, 6.45) is 3.96. The predicted octanol–water partition coefficient (Wildman–Crippen LogP) is 5.35. The summed E-state index contributed by atoms with van der Waals surface area (Å²) in [5.74, 6) is -0.395. The highest BCUT2D eigenvalue weighted by Gasteiger charge is 2.22. The molecular formula is C21H19F2O2PS. The highest BCUT2D eigenvalue weighted by atomic mass is 32.1. The quantitative estimate of drug-likeness (QED) is 0.551. The number of ether oxygens (including phenoxy) is 1. The zero-order valence-corrected chi connectivity index (χ0v) is 16.8. The van der Waals surface area contributed by atoms with Crippen LogP contribution in [0.3, 0.4) is 0 Å². The largest absolute Gasteiger partial charge is 0.454 e. The Hall–Kier alpha value is -1.84. The second kappa shape index (κ2) is 7.29. The fraction of sp³-hybridized carbons (Fsp3) is 0.286. The van der Waals surface area contributed by atoms with Gasteiger partial charge in [0.1, 0.15) is 11.6 Å². The Kier molecular flexibility index (Phi) is 5.00. The number of hydrogen-bond acceptors (Lipinski definition) is 3. The molecule has 0 N–H and O–H groups in total. The highest BCUT2D eigenvalue weighted by Crippen LogP contribution is 2.34. The average molecular weight is 404 g/mol. The van der Waals surface area contributed by atoms with E-state index in [0.29, 0.717) is 22.4 Å². The molecule has 0 amide bonds. The smallest absolute Gasteiger partial charge is 0.191 e. The third-order valence-corrected chi connectivity index (χ3v) is 6.80. The molecule has 27 heavy (non-hydrogen) atoms. The van der Waals surface area contributed by atoms with Gasteiger partial charge in [0.2, 0.25) is 0 Å². The zero-order chi connectivity index (χ0) is 19.1. The monoisotopic (exact) mass is 404 g/mol. The van der Waals surface area contributed by atoms with E-state index in [9.17, 15) is 13.6 Å². The Morgan fingerprint density at radius 3 is 2.81 bits per heavy atom. The summed E-state index contributed by atoms with van der Waals surface area (Å²) in [7, 11) is 2.28. The molecule has 2 atom stereocenters. The number of hydrogen-bond donors (Lipinski definition) is 0. The fourth-order valence-electron chi connectivity index (χ4n) is 3.61. The Bertz CT molecular complexity index is 1070. The van der Waals surface area contributed by atoms with Gasteiger partial charge in [-0.2, -0.15) is 0 Å². The van der Waals surface area contributed by atoms with Crippen molar-refractivity contribution in [2.24, 2.45) is 5.92 Å². The van der Waals surface area contributed by atoms with Crippen LogP contribution in [-0.2, 0) is 12.8 Å².